The standard InChI is InChI=1S/C19H29FNO6P/c1-6-25-28(24,26-7-2)13-17(22)16(21-18(23)27-19(3,4)5)12-14-8-10-15(20)11-9-14/h8-11,16H,6-7,12-13H2,1-5H3,(H,21,23)/t16-/m0/s1. The quantitative estimate of drug-likeness (QED) is 0.577. The lowest BCUT2D eigenvalue weighted by atomic mass is 10.0. The van der Waals surface area contributed by atoms with Crippen LogP contribution in [-0.2, 0) is 29.6 Å². The summed E-state index contributed by atoms with van der Waals surface area (Å²) in [5.74, 6) is -0.940. The maximum atomic E-state index is 13.1. The van der Waals surface area contributed by atoms with E-state index in [-0.39, 0.29) is 19.6 Å². The van der Waals surface area contributed by atoms with Gasteiger partial charge in [-0.2, -0.15) is 0 Å². The number of amides is 1. The van der Waals surface area contributed by atoms with E-state index in [1.54, 1.807) is 34.6 Å². The Labute approximate surface area is 165 Å². The second kappa shape index (κ2) is 10.7. The van der Waals surface area contributed by atoms with Crippen molar-refractivity contribution in [2.45, 2.75) is 52.7 Å². The Balaban J connectivity index is 3.00. The summed E-state index contributed by atoms with van der Waals surface area (Å²) in [6.07, 6.45) is -1.19. The summed E-state index contributed by atoms with van der Waals surface area (Å²) >= 11 is 0. The van der Waals surface area contributed by atoms with Gasteiger partial charge in [-0.05, 0) is 58.7 Å². The van der Waals surface area contributed by atoms with Crippen LogP contribution in [0.25, 0.3) is 0 Å². The van der Waals surface area contributed by atoms with E-state index in [0.717, 1.165) is 0 Å². The third-order valence-corrected chi connectivity index (χ3v) is 5.44. The van der Waals surface area contributed by atoms with E-state index in [4.69, 9.17) is 13.8 Å². The van der Waals surface area contributed by atoms with Gasteiger partial charge in [0.15, 0.2) is 5.78 Å². The SMILES string of the molecule is CCOP(=O)(CC(=O)[C@H](Cc1ccc(F)cc1)NC(=O)OC(C)(C)C)OCC. The van der Waals surface area contributed by atoms with Crippen molar-refractivity contribution in [2.24, 2.45) is 0 Å². The van der Waals surface area contributed by atoms with E-state index in [1.807, 2.05) is 0 Å². The second-order valence-corrected chi connectivity index (χ2v) is 9.15. The van der Waals surface area contributed by atoms with Crippen molar-refractivity contribution in [3.8, 4) is 0 Å². The molecular weight excluding hydrogens is 388 g/mol. The minimum atomic E-state index is -3.63. The predicted molar refractivity (Wildman–Crippen MR) is 104 cm³/mol. The minimum absolute atomic E-state index is 0.0800. The number of ketones is 1. The van der Waals surface area contributed by atoms with Crippen molar-refractivity contribution < 1.29 is 32.3 Å². The van der Waals surface area contributed by atoms with Gasteiger partial charge in [0, 0.05) is 0 Å². The van der Waals surface area contributed by atoms with Gasteiger partial charge in [0.1, 0.15) is 17.6 Å². The first-order chi connectivity index (χ1) is 13.0. The van der Waals surface area contributed by atoms with Crippen LogP contribution in [-0.4, -0.2) is 42.9 Å². The predicted octanol–water partition coefficient (Wildman–Crippen LogP) is 4.10. The lowest BCUT2D eigenvalue weighted by Gasteiger charge is -2.24. The highest BCUT2D eigenvalue weighted by atomic mass is 31.2. The smallest absolute Gasteiger partial charge is 0.408 e. The summed E-state index contributed by atoms with van der Waals surface area (Å²) in [4.78, 5) is 25.0. The molecule has 0 saturated heterocycles. The molecular formula is C19H29FNO6P. The summed E-state index contributed by atoms with van der Waals surface area (Å²) in [6, 6.07) is 4.51. The lowest BCUT2D eigenvalue weighted by Crippen LogP contribution is -2.45. The summed E-state index contributed by atoms with van der Waals surface area (Å²) in [5.41, 5.74) is -0.127. The van der Waals surface area contributed by atoms with Gasteiger partial charge in [-0.25, -0.2) is 9.18 Å². The van der Waals surface area contributed by atoms with Crippen molar-refractivity contribution in [1.82, 2.24) is 5.32 Å². The van der Waals surface area contributed by atoms with Crippen LogP contribution in [0.3, 0.4) is 0 Å². The molecule has 0 heterocycles. The van der Waals surface area contributed by atoms with Crippen LogP contribution >= 0.6 is 7.60 Å². The first-order valence-corrected chi connectivity index (χ1v) is 10.9. The molecule has 0 aliphatic rings. The maximum Gasteiger partial charge on any atom is 0.408 e. The Hall–Kier alpha value is -1.76. The molecule has 7 nitrogen and oxygen atoms in total. The van der Waals surface area contributed by atoms with Gasteiger partial charge in [-0.3, -0.25) is 9.36 Å². The molecule has 0 radical (unpaired) electrons. The molecule has 1 amide bonds. The maximum absolute atomic E-state index is 13.1. The number of Topliss-reactive ketones (excluding diaryl/α,β-unsaturated/α-hetero) is 1. The number of nitrogens with one attached hydrogen (secondary N) is 1. The van der Waals surface area contributed by atoms with Crippen LogP contribution < -0.4 is 5.32 Å². The number of carbonyl (C=O) groups is 2. The zero-order valence-corrected chi connectivity index (χ0v) is 17.9. The monoisotopic (exact) mass is 417 g/mol. The number of hydrogen-bond donors (Lipinski definition) is 1. The Kier molecular flexibility index (Phi) is 9.27. The summed E-state index contributed by atoms with van der Waals surface area (Å²) in [5, 5.41) is 2.51. The molecule has 0 fully saturated rings. The van der Waals surface area contributed by atoms with Crippen LogP contribution in [0.1, 0.15) is 40.2 Å². The van der Waals surface area contributed by atoms with Gasteiger partial charge in [-0.1, -0.05) is 12.1 Å². The molecule has 1 rings (SSSR count). The molecule has 0 spiro atoms. The minimum Gasteiger partial charge on any atom is -0.444 e. The van der Waals surface area contributed by atoms with E-state index in [1.165, 1.54) is 24.3 Å². The Morgan fingerprint density at radius 1 is 1.11 bits per heavy atom. The molecule has 0 saturated carbocycles. The summed E-state index contributed by atoms with van der Waals surface area (Å²) in [6.45, 7) is 8.61. The number of ether oxygens (including phenoxy) is 1. The van der Waals surface area contributed by atoms with E-state index in [0.29, 0.717) is 5.56 Å². The van der Waals surface area contributed by atoms with E-state index in [2.05, 4.69) is 5.32 Å². The molecule has 0 unspecified atom stereocenters. The Morgan fingerprint density at radius 3 is 2.11 bits per heavy atom. The highest BCUT2D eigenvalue weighted by molar-refractivity contribution is 7.54. The van der Waals surface area contributed by atoms with E-state index >= 15 is 0 Å². The number of alkyl carbamates (subject to hydrolysis) is 1. The highest BCUT2D eigenvalue weighted by Crippen LogP contribution is 2.48. The van der Waals surface area contributed by atoms with Crippen molar-refractivity contribution in [3.63, 3.8) is 0 Å². The molecule has 9 heteroatoms. The third kappa shape index (κ3) is 8.95. The molecule has 28 heavy (non-hydrogen) atoms. The van der Waals surface area contributed by atoms with Crippen LogP contribution in [0.5, 0.6) is 0 Å². The van der Waals surface area contributed by atoms with Gasteiger partial charge < -0.3 is 19.1 Å². The summed E-state index contributed by atoms with van der Waals surface area (Å²) in [7, 11) is -3.63. The molecule has 0 aromatic heterocycles. The van der Waals surface area contributed by atoms with Crippen LogP contribution in [0, 0.1) is 5.82 Å². The normalized spacial score (nSPS) is 13.1. The molecule has 0 aliphatic heterocycles. The van der Waals surface area contributed by atoms with Gasteiger partial charge >= 0.3 is 13.7 Å². The van der Waals surface area contributed by atoms with Gasteiger partial charge in [-0.15, -0.1) is 0 Å². The summed E-state index contributed by atoms with van der Waals surface area (Å²) < 4.78 is 41.4. The average molecular weight is 417 g/mol. The van der Waals surface area contributed by atoms with Crippen LogP contribution in [0.2, 0.25) is 0 Å². The van der Waals surface area contributed by atoms with E-state index < -0.39 is 43.1 Å². The van der Waals surface area contributed by atoms with Gasteiger partial charge in [0.2, 0.25) is 0 Å². The topological polar surface area (TPSA) is 90.9 Å². The lowest BCUT2D eigenvalue weighted by molar-refractivity contribution is -0.119. The zero-order valence-electron chi connectivity index (χ0n) is 17.0. The fourth-order valence-corrected chi connectivity index (χ4v) is 4.02. The fourth-order valence-electron chi connectivity index (χ4n) is 2.37. The molecule has 1 aromatic rings. The molecule has 1 aromatic carbocycles. The Bertz CT molecular complexity index is 691. The van der Waals surface area contributed by atoms with Crippen LogP contribution in [0.15, 0.2) is 24.3 Å². The molecule has 1 atom stereocenters. The number of hydrogen-bond acceptors (Lipinski definition) is 6. The molecule has 1 N–H and O–H groups in total. The van der Waals surface area contributed by atoms with Crippen LogP contribution in [0.4, 0.5) is 9.18 Å². The first-order valence-electron chi connectivity index (χ1n) is 9.13. The molecule has 0 aliphatic carbocycles. The average Bonchev–Trinajstić information content (AvgIpc) is 2.54. The van der Waals surface area contributed by atoms with Gasteiger partial charge in [0.05, 0.1) is 19.3 Å². The van der Waals surface area contributed by atoms with Crippen molar-refractivity contribution in [2.75, 3.05) is 19.4 Å². The fraction of sp³-hybridized carbons (Fsp3) is 0.579. The molecule has 0 bridgehead atoms. The largest absolute Gasteiger partial charge is 0.444 e. The number of halogens is 1. The van der Waals surface area contributed by atoms with E-state index in [9.17, 15) is 18.5 Å². The second-order valence-electron chi connectivity index (χ2n) is 7.10. The van der Waals surface area contributed by atoms with Crippen molar-refractivity contribution in [3.05, 3.63) is 35.6 Å². The first kappa shape index (κ1) is 24.3. The highest BCUT2D eigenvalue weighted by Gasteiger charge is 2.33. The van der Waals surface area contributed by atoms with Gasteiger partial charge in [0.25, 0.3) is 0 Å². The molecule has 158 valence electrons. The van der Waals surface area contributed by atoms with Crippen molar-refractivity contribution >= 4 is 19.5 Å². The zero-order chi connectivity index (χ0) is 21.4. The third-order valence-electron chi connectivity index (χ3n) is 3.43. The Morgan fingerprint density at radius 2 is 1.64 bits per heavy atom. The number of rotatable bonds is 10. The van der Waals surface area contributed by atoms with Crippen molar-refractivity contribution in [1.29, 1.82) is 0 Å². The number of benzene rings is 1. The number of carbonyl (C=O) groups excluding carboxylic acids is 2.